The van der Waals surface area contributed by atoms with E-state index in [1.165, 1.54) is 29.1 Å². The Morgan fingerprint density at radius 2 is 2.00 bits per heavy atom. The average Bonchev–Trinajstić information content (AvgIpc) is 3.04. The van der Waals surface area contributed by atoms with Gasteiger partial charge in [-0.1, -0.05) is 18.2 Å². The van der Waals surface area contributed by atoms with Crippen LogP contribution in [0.1, 0.15) is 5.56 Å². The Bertz CT molecular complexity index is 1110. The summed E-state index contributed by atoms with van der Waals surface area (Å²) in [4.78, 5) is 14.9. The van der Waals surface area contributed by atoms with Crippen LogP contribution in [-0.2, 0) is 21.4 Å². The van der Waals surface area contributed by atoms with E-state index in [1.807, 2.05) is 0 Å². The molecule has 0 atom stereocenters. The van der Waals surface area contributed by atoms with Gasteiger partial charge in [0.1, 0.15) is 23.0 Å². The molecule has 0 saturated carbocycles. The van der Waals surface area contributed by atoms with E-state index in [1.54, 1.807) is 37.3 Å². The van der Waals surface area contributed by atoms with Gasteiger partial charge in [-0.15, -0.1) is 0 Å². The summed E-state index contributed by atoms with van der Waals surface area (Å²) in [6.45, 7) is 1.46. The first kappa shape index (κ1) is 18.5. The number of nitrogens with zero attached hydrogens (tertiary/aromatic N) is 2. The van der Waals surface area contributed by atoms with Crippen molar-refractivity contribution in [1.82, 2.24) is 9.55 Å². The van der Waals surface area contributed by atoms with Crippen molar-refractivity contribution in [2.45, 2.75) is 18.4 Å². The van der Waals surface area contributed by atoms with Crippen molar-refractivity contribution in [3.63, 3.8) is 0 Å². The predicted molar refractivity (Wildman–Crippen MR) is 99.0 cm³/mol. The SMILES string of the molecule is Cc1ccc(O)c(S(=O)(=O)Nc2cccc(-c3nccn3CC(=O)O)c2)c1. The van der Waals surface area contributed by atoms with Crippen molar-refractivity contribution in [1.29, 1.82) is 0 Å². The molecule has 0 spiro atoms. The molecule has 3 N–H and O–H groups in total. The van der Waals surface area contributed by atoms with Crippen LogP contribution in [0.4, 0.5) is 5.69 Å². The first-order valence-electron chi connectivity index (χ1n) is 7.92. The number of phenolic OH excluding ortho intramolecular Hbond substituents is 1. The molecule has 0 bridgehead atoms. The molecule has 0 radical (unpaired) electrons. The fraction of sp³-hybridized carbons (Fsp3) is 0.111. The molecular formula is C18H17N3O5S. The van der Waals surface area contributed by atoms with Crippen LogP contribution in [0.25, 0.3) is 11.4 Å². The zero-order chi connectivity index (χ0) is 19.6. The molecule has 27 heavy (non-hydrogen) atoms. The molecule has 0 aliphatic heterocycles. The summed E-state index contributed by atoms with van der Waals surface area (Å²) in [7, 11) is -4.00. The number of aliphatic carboxylic acids is 1. The van der Waals surface area contributed by atoms with E-state index in [4.69, 9.17) is 5.11 Å². The van der Waals surface area contributed by atoms with Crippen LogP contribution in [0.3, 0.4) is 0 Å². The Hall–Kier alpha value is -3.33. The van der Waals surface area contributed by atoms with Crippen molar-refractivity contribution in [2.24, 2.45) is 0 Å². The highest BCUT2D eigenvalue weighted by atomic mass is 32.2. The number of hydrogen-bond acceptors (Lipinski definition) is 5. The number of carboxylic acids is 1. The van der Waals surface area contributed by atoms with Gasteiger partial charge < -0.3 is 14.8 Å². The number of benzene rings is 2. The molecule has 0 aliphatic rings. The third-order valence-corrected chi connectivity index (χ3v) is 5.21. The van der Waals surface area contributed by atoms with Gasteiger partial charge in [-0.05, 0) is 36.8 Å². The monoisotopic (exact) mass is 387 g/mol. The van der Waals surface area contributed by atoms with Gasteiger partial charge >= 0.3 is 5.97 Å². The number of imidazole rings is 1. The first-order valence-corrected chi connectivity index (χ1v) is 9.40. The van der Waals surface area contributed by atoms with Crippen molar-refractivity contribution >= 4 is 21.7 Å². The number of rotatable bonds is 6. The van der Waals surface area contributed by atoms with E-state index in [2.05, 4.69) is 9.71 Å². The second kappa shape index (κ2) is 7.12. The Balaban J connectivity index is 1.94. The molecule has 0 aliphatic carbocycles. The van der Waals surface area contributed by atoms with Gasteiger partial charge in [-0.2, -0.15) is 0 Å². The summed E-state index contributed by atoms with van der Waals surface area (Å²) < 4.78 is 29.1. The number of nitrogens with one attached hydrogen (secondary N) is 1. The number of sulfonamides is 1. The standard InChI is InChI=1S/C18H17N3O5S/c1-12-5-6-15(22)16(9-12)27(25,26)20-14-4-2-3-13(10-14)18-19-7-8-21(18)11-17(23)24/h2-10,20,22H,11H2,1H3,(H,23,24). The molecule has 8 nitrogen and oxygen atoms in total. The molecule has 0 fully saturated rings. The van der Waals surface area contributed by atoms with Crippen LogP contribution in [0.5, 0.6) is 5.75 Å². The number of carbonyl (C=O) groups is 1. The largest absolute Gasteiger partial charge is 0.507 e. The summed E-state index contributed by atoms with van der Waals surface area (Å²) >= 11 is 0. The van der Waals surface area contributed by atoms with Crippen molar-refractivity contribution in [2.75, 3.05) is 4.72 Å². The van der Waals surface area contributed by atoms with Gasteiger partial charge in [0.2, 0.25) is 0 Å². The van der Waals surface area contributed by atoms with E-state index in [-0.39, 0.29) is 22.9 Å². The molecule has 3 aromatic rings. The number of carboxylic acid groups (broad SMARTS) is 1. The lowest BCUT2D eigenvalue weighted by Gasteiger charge is -2.12. The molecule has 9 heteroatoms. The second-order valence-corrected chi connectivity index (χ2v) is 7.58. The van der Waals surface area contributed by atoms with Gasteiger partial charge in [-0.3, -0.25) is 9.52 Å². The van der Waals surface area contributed by atoms with E-state index in [9.17, 15) is 18.3 Å². The van der Waals surface area contributed by atoms with E-state index in [0.29, 0.717) is 17.0 Å². The van der Waals surface area contributed by atoms with Crippen molar-refractivity contribution < 1.29 is 23.4 Å². The van der Waals surface area contributed by atoms with Gasteiger partial charge in [0.15, 0.2) is 0 Å². The number of hydrogen-bond donors (Lipinski definition) is 3. The molecule has 1 heterocycles. The van der Waals surface area contributed by atoms with E-state index < -0.39 is 16.0 Å². The van der Waals surface area contributed by atoms with Crippen LogP contribution in [0, 0.1) is 6.92 Å². The third kappa shape index (κ3) is 4.09. The fourth-order valence-electron chi connectivity index (χ4n) is 2.61. The number of aromatic nitrogens is 2. The maximum Gasteiger partial charge on any atom is 0.323 e. The molecule has 0 unspecified atom stereocenters. The summed E-state index contributed by atoms with van der Waals surface area (Å²) in [6.07, 6.45) is 3.00. The lowest BCUT2D eigenvalue weighted by atomic mass is 10.2. The average molecular weight is 387 g/mol. The summed E-state index contributed by atoms with van der Waals surface area (Å²) in [5, 5.41) is 18.9. The Morgan fingerprint density at radius 1 is 1.22 bits per heavy atom. The Morgan fingerprint density at radius 3 is 2.74 bits per heavy atom. The zero-order valence-electron chi connectivity index (χ0n) is 14.3. The third-order valence-electron chi connectivity index (χ3n) is 3.80. The number of aryl methyl sites for hydroxylation is 1. The van der Waals surface area contributed by atoms with Gasteiger partial charge in [0, 0.05) is 23.6 Å². The van der Waals surface area contributed by atoms with Crippen LogP contribution in [0.15, 0.2) is 59.8 Å². The summed E-state index contributed by atoms with van der Waals surface area (Å²) in [5.41, 5.74) is 1.51. The molecule has 3 rings (SSSR count). The smallest absolute Gasteiger partial charge is 0.323 e. The minimum atomic E-state index is -4.00. The normalized spacial score (nSPS) is 11.3. The van der Waals surface area contributed by atoms with Crippen molar-refractivity contribution in [3.8, 4) is 17.1 Å². The van der Waals surface area contributed by atoms with Crippen LogP contribution in [-0.4, -0.2) is 34.2 Å². The summed E-state index contributed by atoms with van der Waals surface area (Å²) in [6, 6.07) is 10.7. The minimum Gasteiger partial charge on any atom is -0.507 e. The fourth-order valence-corrected chi connectivity index (χ4v) is 3.84. The number of phenols is 1. The molecule has 2 aromatic carbocycles. The Kier molecular flexibility index (Phi) is 4.87. The lowest BCUT2D eigenvalue weighted by Crippen LogP contribution is -2.13. The molecule has 140 valence electrons. The van der Waals surface area contributed by atoms with Crippen LogP contribution in [0.2, 0.25) is 0 Å². The van der Waals surface area contributed by atoms with Crippen LogP contribution >= 0.6 is 0 Å². The zero-order valence-corrected chi connectivity index (χ0v) is 15.1. The predicted octanol–water partition coefficient (Wildman–Crippen LogP) is 2.45. The topological polar surface area (TPSA) is 122 Å². The number of anilines is 1. The molecule has 1 aromatic heterocycles. The molecular weight excluding hydrogens is 370 g/mol. The minimum absolute atomic E-state index is 0.222. The maximum absolute atomic E-state index is 12.6. The second-order valence-electron chi connectivity index (χ2n) is 5.93. The highest BCUT2D eigenvalue weighted by Crippen LogP contribution is 2.27. The van der Waals surface area contributed by atoms with Gasteiger partial charge in [0.05, 0.1) is 0 Å². The van der Waals surface area contributed by atoms with E-state index >= 15 is 0 Å². The highest BCUT2D eigenvalue weighted by molar-refractivity contribution is 7.92. The van der Waals surface area contributed by atoms with Crippen LogP contribution < -0.4 is 4.72 Å². The summed E-state index contributed by atoms with van der Waals surface area (Å²) in [5.74, 6) is -0.959. The van der Waals surface area contributed by atoms with E-state index in [0.717, 1.165) is 0 Å². The molecule has 0 amide bonds. The van der Waals surface area contributed by atoms with Crippen molar-refractivity contribution in [3.05, 3.63) is 60.4 Å². The lowest BCUT2D eigenvalue weighted by molar-refractivity contribution is -0.137. The maximum atomic E-state index is 12.6. The van der Waals surface area contributed by atoms with Gasteiger partial charge in [-0.25, -0.2) is 13.4 Å². The van der Waals surface area contributed by atoms with Gasteiger partial charge in [0.25, 0.3) is 10.0 Å². The highest BCUT2D eigenvalue weighted by Gasteiger charge is 2.19. The Labute approximate surface area is 155 Å². The quantitative estimate of drug-likeness (QED) is 0.597. The molecule has 0 saturated heterocycles. The first-order chi connectivity index (χ1) is 12.8. The number of aromatic hydroxyl groups is 1.